The number of unbranched alkanes of at least 4 members (excludes halogenated alkanes) is 1. The lowest BCUT2D eigenvalue weighted by atomic mass is 10.2. The molecule has 1 aliphatic heterocycles. The number of pyridine rings is 1. The van der Waals surface area contributed by atoms with Crippen molar-refractivity contribution >= 4 is 32.0 Å². The number of hydrogen-bond acceptors (Lipinski definition) is 5. The summed E-state index contributed by atoms with van der Waals surface area (Å²) in [7, 11) is -3.15. The van der Waals surface area contributed by atoms with Crippen LogP contribution in [0.3, 0.4) is 0 Å². The van der Waals surface area contributed by atoms with E-state index in [1.54, 1.807) is 4.31 Å². The van der Waals surface area contributed by atoms with Crippen molar-refractivity contribution in [3.8, 4) is 0 Å². The van der Waals surface area contributed by atoms with Gasteiger partial charge in [-0.15, -0.1) is 0 Å². The van der Waals surface area contributed by atoms with Crippen LogP contribution in [0, 0.1) is 0 Å². The summed E-state index contributed by atoms with van der Waals surface area (Å²) in [6, 6.07) is 8.05. The number of imidazole rings is 1. The maximum atomic E-state index is 12.6. The smallest absolute Gasteiger partial charge is 0.214 e. The maximum Gasteiger partial charge on any atom is 0.214 e. The quantitative estimate of drug-likeness (QED) is 0.484. The fourth-order valence-corrected chi connectivity index (χ4v) is 5.82. The Morgan fingerprint density at radius 1 is 1.07 bits per heavy atom. The van der Waals surface area contributed by atoms with Gasteiger partial charge >= 0.3 is 0 Å². The van der Waals surface area contributed by atoms with Crippen LogP contribution in [0.15, 0.2) is 30.5 Å². The minimum atomic E-state index is -3.15. The molecule has 0 radical (unpaired) electrons. The van der Waals surface area contributed by atoms with Crippen LogP contribution in [0.4, 0.5) is 0 Å². The highest BCUT2D eigenvalue weighted by molar-refractivity contribution is 7.89. The van der Waals surface area contributed by atoms with Crippen molar-refractivity contribution in [3.05, 3.63) is 36.3 Å². The normalized spacial score (nSPS) is 15.9. The van der Waals surface area contributed by atoms with Gasteiger partial charge < -0.3 is 9.30 Å². The van der Waals surface area contributed by atoms with Gasteiger partial charge in [0.2, 0.25) is 10.0 Å². The number of sulfonamides is 1. The topological polar surface area (TPSA) is 77.3 Å². The summed E-state index contributed by atoms with van der Waals surface area (Å²) in [5.41, 5.74) is 2.83. The Labute approximate surface area is 178 Å². The van der Waals surface area contributed by atoms with E-state index < -0.39 is 10.0 Å². The molecule has 4 rings (SSSR count). The summed E-state index contributed by atoms with van der Waals surface area (Å²) in [6.45, 7) is 5.08. The average Bonchev–Trinajstić information content (AvgIpc) is 3.13. The molecule has 0 atom stereocenters. The molecule has 1 aliphatic rings. The summed E-state index contributed by atoms with van der Waals surface area (Å²) >= 11 is 0. The first kappa shape index (κ1) is 21.2. The minimum Gasteiger partial charge on any atom is -0.374 e. The van der Waals surface area contributed by atoms with Gasteiger partial charge in [-0.2, -0.15) is 0 Å². The van der Waals surface area contributed by atoms with Crippen LogP contribution in [0.5, 0.6) is 0 Å². The number of fused-ring (bicyclic) bond motifs is 3. The molecular weight excluding hydrogens is 400 g/mol. The molecule has 0 saturated carbocycles. The number of para-hydroxylation sites is 1. The predicted molar refractivity (Wildman–Crippen MR) is 119 cm³/mol. The average molecular weight is 431 g/mol. The number of hydrogen-bond donors (Lipinski definition) is 0. The second-order valence-corrected chi connectivity index (χ2v) is 9.90. The molecule has 1 fully saturated rings. The van der Waals surface area contributed by atoms with Gasteiger partial charge in [0, 0.05) is 31.6 Å². The molecule has 3 aromatic rings. The zero-order chi connectivity index (χ0) is 21.0. The first-order valence-corrected chi connectivity index (χ1v) is 12.5. The molecule has 0 N–H and O–H groups in total. The van der Waals surface area contributed by atoms with Crippen molar-refractivity contribution in [2.45, 2.75) is 52.2 Å². The number of aromatic nitrogens is 3. The van der Waals surface area contributed by atoms with Gasteiger partial charge in [0.25, 0.3) is 0 Å². The number of benzene rings is 1. The molecule has 3 heterocycles. The molecule has 1 aromatic carbocycles. The number of piperidine rings is 1. The van der Waals surface area contributed by atoms with E-state index in [0.29, 0.717) is 39.3 Å². The number of ether oxygens (including phenoxy) is 1. The summed E-state index contributed by atoms with van der Waals surface area (Å²) in [5.74, 6) is 1.08. The fourth-order valence-electron chi connectivity index (χ4n) is 4.18. The van der Waals surface area contributed by atoms with Crippen molar-refractivity contribution in [3.63, 3.8) is 0 Å². The van der Waals surface area contributed by atoms with Crippen LogP contribution in [0.2, 0.25) is 0 Å². The van der Waals surface area contributed by atoms with Crippen LogP contribution in [-0.4, -0.2) is 52.7 Å². The highest BCUT2D eigenvalue weighted by Crippen LogP contribution is 2.25. The SMILES string of the molecule is CCOCc1nc2cnc3ccccc3c2n1CCCCS(=O)(=O)N1CCCCC1. The Kier molecular flexibility index (Phi) is 6.65. The lowest BCUT2D eigenvalue weighted by Crippen LogP contribution is -2.37. The largest absolute Gasteiger partial charge is 0.374 e. The molecule has 0 spiro atoms. The number of aryl methyl sites for hydroxylation is 1. The van der Waals surface area contributed by atoms with E-state index in [0.717, 1.165) is 53.4 Å². The Morgan fingerprint density at radius 3 is 2.67 bits per heavy atom. The monoisotopic (exact) mass is 430 g/mol. The van der Waals surface area contributed by atoms with Gasteiger partial charge in [-0.05, 0) is 38.7 Å². The van der Waals surface area contributed by atoms with Gasteiger partial charge in [0.05, 0.1) is 23.0 Å². The highest BCUT2D eigenvalue weighted by Gasteiger charge is 2.23. The van der Waals surface area contributed by atoms with Crippen LogP contribution >= 0.6 is 0 Å². The third-order valence-corrected chi connectivity index (χ3v) is 7.69. The van der Waals surface area contributed by atoms with Crippen LogP contribution in [-0.2, 0) is 27.9 Å². The third kappa shape index (κ3) is 4.50. The zero-order valence-electron chi connectivity index (χ0n) is 17.6. The molecule has 30 heavy (non-hydrogen) atoms. The Morgan fingerprint density at radius 2 is 1.87 bits per heavy atom. The van der Waals surface area contributed by atoms with Gasteiger partial charge in [-0.3, -0.25) is 4.98 Å². The summed E-state index contributed by atoms with van der Waals surface area (Å²) < 4.78 is 34.7. The van der Waals surface area contributed by atoms with Gasteiger partial charge in [0.15, 0.2) is 0 Å². The Balaban J connectivity index is 1.52. The van der Waals surface area contributed by atoms with Crippen molar-refractivity contribution in [2.24, 2.45) is 0 Å². The molecule has 7 nitrogen and oxygen atoms in total. The summed E-state index contributed by atoms with van der Waals surface area (Å²) in [4.78, 5) is 9.27. The molecular formula is C22H30N4O3S. The lowest BCUT2D eigenvalue weighted by Gasteiger charge is -2.25. The van der Waals surface area contributed by atoms with Crippen LogP contribution in [0.25, 0.3) is 21.9 Å². The second-order valence-electron chi connectivity index (χ2n) is 7.81. The van der Waals surface area contributed by atoms with E-state index in [1.165, 1.54) is 0 Å². The zero-order valence-corrected chi connectivity index (χ0v) is 18.4. The molecule has 2 aromatic heterocycles. The van der Waals surface area contributed by atoms with E-state index in [9.17, 15) is 8.42 Å². The Bertz CT molecular complexity index is 1100. The number of rotatable bonds is 9. The fraction of sp³-hybridized carbons (Fsp3) is 0.545. The lowest BCUT2D eigenvalue weighted by molar-refractivity contribution is 0.126. The van der Waals surface area contributed by atoms with E-state index >= 15 is 0 Å². The van der Waals surface area contributed by atoms with Crippen molar-refractivity contribution in [2.75, 3.05) is 25.4 Å². The highest BCUT2D eigenvalue weighted by atomic mass is 32.2. The van der Waals surface area contributed by atoms with E-state index in [-0.39, 0.29) is 5.75 Å². The summed E-state index contributed by atoms with van der Waals surface area (Å²) in [5, 5.41) is 1.06. The second kappa shape index (κ2) is 9.41. The van der Waals surface area contributed by atoms with Gasteiger partial charge in [-0.25, -0.2) is 17.7 Å². The van der Waals surface area contributed by atoms with Crippen molar-refractivity contribution < 1.29 is 13.2 Å². The standard InChI is InChI=1S/C22H30N4O3S/c1-2-29-17-21-24-20-16-23-19-11-5-4-10-18(19)22(20)26(21)14-8-9-15-30(27,28)25-12-6-3-7-13-25/h4-5,10-11,16H,2-3,6-9,12-15,17H2,1H3. The van der Waals surface area contributed by atoms with E-state index in [2.05, 4.69) is 15.6 Å². The van der Waals surface area contributed by atoms with Crippen molar-refractivity contribution in [1.82, 2.24) is 18.8 Å². The maximum absolute atomic E-state index is 12.6. The molecule has 0 bridgehead atoms. The number of nitrogens with zero attached hydrogens (tertiary/aromatic N) is 4. The van der Waals surface area contributed by atoms with Crippen LogP contribution < -0.4 is 0 Å². The van der Waals surface area contributed by atoms with Gasteiger partial charge in [-0.1, -0.05) is 24.6 Å². The third-order valence-electron chi connectivity index (χ3n) is 5.74. The minimum absolute atomic E-state index is 0.211. The van der Waals surface area contributed by atoms with Gasteiger partial charge in [0.1, 0.15) is 17.9 Å². The van der Waals surface area contributed by atoms with Crippen LogP contribution in [0.1, 0.15) is 44.9 Å². The molecule has 162 valence electrons. The van der Waals surface area contributed by atoms with E-state index in [4.69, 9.17) is 9.72 Å². The molecule has 0 aliphatic carbocycles. The predicted octanol–water partition coefficient (Wildman–Crippen LogP) is 3.72. The molecule has 1 saturated heterocycles. The molecule has 0 amide bonds. The molecule has 0 unspecified atom stereocenters. The summed E-state index contributed by atoms with van der Waals surface area (Å²) in [6.07, 6.45) is 6.30. The molecule has 8 heteroatoms. The van der Waals surface area contributed by atoms with Crippen molar-refractivity contribution in [1.29, 1.82) is 0 Å². The first-order chi connectivity index (χ1) is 14.6. The Hall–Kier alpha value is -2.03. The van der Waals surface area contributed by atoms with E-state index in [1.807, 2.05) is 31.3 Å². The first-order valence-electron chi connectivity index (χ1n) is 10.9.